The van der Waals surface area contributed by atoms with Gasteiger partial charge in [0.25, 0.3) is 0 Å². The van der Waals surface area contributed by atoms with Gasteiger partial charge in [0.2, 0.25) is 0 Å². The van der Waals surface area contributed by atoms with E-state index >= 15 is 0 Å². The van der Waals surface area contributed by atoms with Crippen LogP contribution in [0.4, 0.5) is 17.1 Å². The van der Waals surface area contributed by atoms with Gasteiger partial charge in [0.05, 0.1) is 5.69 Å². The Kier molecular flexibility index (Phi) is 7.89. The molecule has 0 heterocycles. The zero-order valence-corrected chi connectivity index (χ0v) is 31.3. The summed E-state index contributed by atoms with van der Waals surface area (Å²) in [4.78, 5) is 2.45. The Labute approximate surface area is 332 Å². The molecule has 0 aliphatic rings. The molecule has 0 aliphatic heterocycles. The molecule has 11 aromatic carbocycles. The predicted molar refractivity (Wildman–Crippen MR) is 245 cm³/mol. The van der Waals surface area contributed by atoms with Crippen LogP contribution in [0, 0.1) is 0 Å². The van der Waals surface area contributed by atoms with Crippen molar-refractivity contribution in [2.24, 2.45) is 0 Å². The van der Waals surface area contributed by atoms with E-state index < -0.39 is 0 Å². The normalized spacial score (nSPS) is 11.5. The lowest BCUT2D eigenvalue weighted by molar-refractivity contribution is 1.30. The minimum atomic E-state index is 1.10. The van der Waals surface area contributed by atoms with Crippen LogP contribution < -0.4 is 4.90 Å². The van der Waals surface area contributed by atoms with Crippen LogP contribution in [0.25, 0.3) is 87.2 Å². The first-order valence-electron chi connectivity index (χ1n) is 19.7. The second-order valence-corrected chi connectivity index (χ2v) is 14.9. The van der Waals surface area contributed by atoms with E-state index in [1.807, 2.05) is 0 Å². The van der Waals surface area contributed by atoms with Crippen LogP contribution in [0.15, 0.2) is 224 Å². The average Bonchev–Trinajstić information content (AvgIpc) is 3.29. The van der Waals surface area contributed by atoms with Crippen molar-refractivity contribution in [1.82, 2.24) is 0 Å². The van der Waals surface area contributed by atoms with E-state index in [0.717, 1.165) is 17.1 Å². The number of nitrogens with zero attached hydrogens (tertiary/aromatic N) is 1. The zero-order chi connectivity index (χ0) is 37.7. The largest absolute Gasteiger partial charge is 0.310 e. The number of fused-ring (bicyclic) bond motifs is 7. The molecule has 0 bridgehead atoms. The summed E-state index contributed by atoms with van der Waals surface area (Å²) >= 11 is 0. The van der Waals surface area contributed by atoms with Crippen molar-refractivity contribution < 1.29 is 0 Å². The van der Waals surface area contributed by atoms with Crippen LogP contribution in [-0.4, -0.2) is 0 Å². The number of rotatable bonds is 6. The summed E-state index contributed by atoms with van der Waals surface area (Å²) in [5.74, 6) is 0. The molecule has 0 saturated carbocycles. The monoisotopic (exact) mass is 723 g/mol. The molecule has 0 N–H and O–H groups in total. The fourth-order valence-corrected chi connectivity index (χ4v) is 8.95. The summed E-state index contributed by atoms with van der Waals surface area (Å²) in [6.45, 7) is 0. The molecule has 266 valence electrons. The molecule has 57 heavy (non-hydrogen) atoms. The molecule has 11 aromatic rings. The molecule has 0 aliphatic carbocycles. The lowest BCUT2D eigenvalue weighted by Gasteiger charge is -2.28. The smallest absolute Gasteiger partial charge is 0.0540 e. The SMILES string of the molecule is c1ccc(-c2c(-c3ccccc3)c3cc(N(c4ccc(-c5ccc6ccccc6c5)cc4)c4cccc5c4ccc4ccccc45)ccc3c3ccccc23)cc1. The molecule has 0 fully saturated rings. The van der Waals surface area contributed by atoms with Crippen molar-refractivity contribution >= 4 is 70.9 Å². The maximum absolute atomic E-state index is 2.45. The Bertz CT molecular complexity index is 3270. The molecule has 0 radical (unpaired) electrons. The van der Waals surface area contributed by atoms with E-state index in [0.29, 0.717) is 0 Å². The standard InChI is InChI=1S/C56H37N/c1-3-16-41(17-4-1)55-52-23-12-11-22-49(52)50-35-33-46(37-53(50)56(55)42-18-5-2-6-19-42)57(54-25-13-24-48-47-21-10-9-15-40(47)30-34-51(48)54)45-31-28-39(29-32-45)44-27-26-38-14-7-8-20-43(38)36-44/h1-37H. The number of hydrogen-bond donors (Lipinski definition) is 0. The van der Waals surface area contributed by atoms with E-state index in [1.54, 1.807) is 0 Å². The molecule has 0 unspecified atom stereocenters. The Morgan fingerprint density at radius 1 is 0.228 bits per heavy atom. The van der Waals surface area contributed by atoms with Gasteiger partial charge >= 0.3 is 0 Å². The van der Waals surface area contributed by atoms with Gasteiger partial charge in [0.15, 0.2) is 0 Å². The van der Waals surface area contributed by atoms with Gasteiger partial charge in [0.1, 0.15) is 0 Å². The Morgan fingerprint density at radius 3 is 1.49 bits per heavy atom. The Morgan fingerprint density at radius 2 is 0.737 bits per heavy atom. The van der Waals surface area contributed by atoms with Crippen molar-refractivity contribution in [3.05, 3.63) is 224 Å². The highest BCUT2D eigenvalue weighted by atomic mass is 15.1. The second-order valence-electron chi connectivity index (χ2n) is 14.9. The summed E-state index contributed by atoms with van der Waals surface area (Å²) in [5, 5.41) is 12.4. The molecule has 1 nitrogen and oxygen atoms in total. The van der Waals surface area contributed by atoms with E-state index in [1.165, 1.54) is 87.2 Å². The first kappa shape index (κ1) is 32.9. The topological polar surface area (TPSA) is 3.24 Å². The molecule has 0 saturated heterocycles. The first-order chi connectivity index (χ1) is 28.3. The predicted octanol–water partition coefficient (Wildman–Crippen LogP) is 15.9. The molecular weight excluding hydrogens is 687 g/mol. The van der Waals surface area contributed by atoms with Crippen molar-refractivity contribution in [3.8, 4) is 33.4 Å². The summed E-state index contributed by atoms with van der Waals surface area (Å²) in [7, 11) is 0. The van der Waals surface area contributed by atoms with Crippen molar-refractivity contribution in [1.29, 1.82) is 0 Å². The third kappa shape index (κ3) is 5.63. The van der Waals surface area contributed by atoms with Crippen LogP contribution in [-0.2, 0) is 0 Å². The van der Waals surface area contributed by atoms with Crippen LogP contribution in [0.5, 0.6) is 0 Å². The summed E-state index contributed by atoms with van der Waals surface area (Å²) in [5.41, 5.74) is 10.7. The van der Waals surface area contributed by atoms with Gasteiger partial charge in [-0.25, -0.2) is 0 Å². The van der Waals surface area contributed by atoms with Gasteiger partial charge in [-0.1, -0.05) is 188 Å². The van der Waals surface area contributed by atoms with Crippen molar-refractivity contribution in [2.45, 2.75) is 0 Å². The second kappa shape index (κ2) is 13.7. The van der Waals surface area contributed by atoms with Crippen LogP contribution in [0.1, 0.15) is 0 Å². The van der Waals surface area contributed by atoms with Crippen molar-refractivity contribution in [2.75, 3.05) is 4.90 Å². The summed E-state index contributed by atoms with van der Waals surface area (Å²) < 4.78 is 0. The fourth-order valence-electron chi connectivity index (χ4n) is 8.95. The minimum Gasteiger partial charge on any atom is -0.310 e. The van der Waals surface area contributed by atoms with Crippen molar-refractivity contribution in [3.63, 3.8) is 0 Å². The number of hydrogen-bond acceptors (Lipinski definition) is 1. The van der Waals surface area contributed by atoms with Crippen LogP contribution >= 0.6 is 0 Å². The fraction of sp³-hybridized carbons (Fsp3) is 0. The lowest BCUT2D eigenvalue weighted by Crippen LogP contribution is -2.10. The molecular formula is C56H37N. The Hall–Kier alpha value is -7.48. The maximum atomic E-state index is 2.45. The molecule has 0 aromatic heterocycles. The lowest BCUT2D eigenvalue weighted by atomic mass is 9.85. The highest BCUT2D eigenvalue weighted by molar-refractivity contribution is 6.22. The van der Waals surface area contributed by atoms with Gasteiger partial charge in [-0.15, -0.1) is 0 Å². The highest BCUT2D eigenvalue weighted by Gasteiger charge is 2.21. The minimum absolute atomic E-state index is 1.10. The average molecular weight is 724 g/mol. The molecule has 11 rings (SSSR count). The van der Waals surface area contributed by atoms with Gasteiger partial charge in [-0.3, -0.25) is 0 Å². The van der Waals surface area contributed by atoms with Crippen LogP contribution in [0.2, 0.25) is 0 Å². The maximum Gasteiger partial charge on any atom is 0.0540 e. The quantitative estimate of drug-likeness (QED) is 0.154. The highest BCUT2D eigenvalue weighted by Crippen LogP contribution is 2.48. The third-order valence-electron chi connectivity index (χ3n) is 11.6. The number of benzene rings is 11. The summed E-state index contributed by atoms with van der Waals surface area (Å²) in [6, 6.07) is 82.1. The van der Waals surface area contributed by atoms with Gasteiger partial charge in [0, 0.05) is 16.8 Å². The van der Waals surface area contributed by atoms with E-state index in [2.05, 4.69) is 229 Å². The van der Waals surface area contributed by atoms with E-state index in [-0.39, 0.29) is 0 Å². The molecule has 1 heteroatoms. The van der Waals surface area contributed by atoms with E-state index in [9.17, 15) is 0 Å². The van der Waals surface area contributed by atoms with E-state index in [4.69, 9.17) is 0 Å². The van der Waals surface area contributed by atoms with Gasteiger partial charge < -0.3 is 4.90 Å². The van der Waals surface area contributed by atoms with Crippen LogP contribution in [0.3, 0.4) is 0 Å². The summed E-state index contributed by atoms with van der Waals surface area (Å²) in [6.07, 6.45) is 0. The first-order valence-corrected chi connectivity index (χ1v) is 19.7. The molecule has 0 spiro atoms. The Balaban J connectivity index is 1.18. The van der Waals surface area contributed by atoms with Gasteiger partial charge in [-0.05, 0) is 118 Å². The molecule has 0 amide bonds. The van der Waals surface area contributed by atoms with Gasteiger partial charge in [-0.2, -0.15) is 0 Å². The zero-order valence-electron chi connectivity index (χ0n) is 31.3. The molecule has 0 atom stereocenters. The third-order valence-corrected chi connectivity index (χ3v) is 11.6. The number of anilines is 3.